The first-order valence-corrected chi connectivity index (χ1v) is 9.45. The van der Waals surface area contributed by atoms with Gasteiger partial charge in [0.05, 0.1) is 6.10 Å². The number of carbonyl (C=O) groups is 1. The highest BCUT2D eigenvalue weighted by Gasteiger charge is 2.57. The number of hydrogen-bond acceptors (Lipinski definition) is 2. The molecule has 2 nitrogen and oxygen atoms in total. The lowest BCUT2D eigenvalue weighted by atomic mass is 9.47. The van der Waals surface area contributed by atoms with Gasteiger partial charge in [0, 0.05) is 0 Å². The molecule has 0 saturated heterocycles. The predicted octanol–water partition coefficient (Wildman–Crippen LogP) is 4.44. The van der Waals surface area contributed by atoms with E-state index in [1.54, 1.807) is 6.92 Å². The maximum absolute atomic E-state index is 12.1. The van der Waals surface area contributed by atoms with E-state index >= 15 is 0 Å². The van der Waals surface area contributed by atoms with E-state index in [4.69, 9.17) is 0 Å². The second-order valence-corrected chi connectivity index (χ2v) is 9.02. The van der Waals surface area contributed by atoms with Crippen LogP contribution in [0.3, 0.4) is 0 Å². The largest absolute Gasteiger partial charge is 0.393 e. The first-order valence-electron chi connectivity index (χ1n) is 9.45. The highest BCUT2D eigenvalue weighted by Crippen LogP contribution is 2.64. The van der Waals surface area contributed by atoms with Crippen LogP contribution in [0.2, 0.25) is 0 Å². The van der Waals surface area contributed by atoms with Crippen LogP contribution < -0.4 is 0 Å². The monoisotopic (exact) mass is 314 g/mol. The Bertz CT molecular complexity index is 601. The van der Waals surface area contributed by atoms with E-state index in [0.717, 1.165) is 50.0 Å². The van der Waals surface area contributed by atoms with Crippen molar-refractivity contribution >= 4 is 5.78 Å². The Hall–Kier alpha value is -0.890. The van der Waals surface area contributed by atoms with Gasteiger partial charge in [0.15, 0.2) is 5.78 Å². The number of carbonyl (C=O) groups excluding carboxylic acids is 1. The second-order valence-electron chi connectivity index (χ2n) is 9.02. The van der Waals surface area contributed by atoms with Gasteiger partial charge in [0.25, 0.3) is 0 Å². The molecule has 4 rings (SSSR count). The number of aliphatic hydroxyl groups excluding tert-OH is 1. The summed E-state index contributed by atoms with van der Waals surface area (Å²) >= 11 is 0. The highest BCUT2D eigenvalue weighted by molar-refractivity contribution is 5.95. The van der Waals surface area contributed by atoms with Crippen LogP contribution in [-0.2, 0) is 4.79 Å². The topological polar surface area (TPSA) is 37.3 Å². The summed E-state index contributed by atoms with van der Waals surface area (Å²) in [6.45, 7) is 6.55. The molecule has 0 aliphatic heterocycles. The summed E-state index contributed by atoms with van der Waals surface area (Å²) in [7, 11) is 0. The van der Waals surface area contributed by atoms with Gasteiger partial charge in [-0.1, -0.05) is 31.6 Å². The van der Waals surface area contributed by atoms with Crippen LogP contribution in [-0.4, -0.2) is 17.0 Å². The fourth-order valence-corrected chi connectivity index (χ4v) is 6.75. The van der Waals surface area contributed by atoms with Crippen LogP contribution in [0.15, 0.2) is 23.3 Å². The van der Waals surface area contributed by atoms with Gasteiger partial charge < -0.3 is 5.11 Å². The molecule has 23 heavy (non-hydrogen) atoms. The summed E-state index contributed by atoms with van der Waals surface area (Å²) in [6.07, 6.45) is 12.2. The van der Waals surface area contributed by atoms with Gasteiger partial charge >= 0.3 is 0 Å². The molecule has 126 valence electrons. The quantitative estimate of drug-likeness (QED) is 0.727. The van der Waals surface area contributed by atoms with Gasteiger partial charge in [-0.3, -0.25) is 4.79 Å². The fraction of sp³-hybridized carbons (Fsp3) is 0.762. The molecule has 4 aliphatic rings. The number of Topliss-reactive ketones (excluding diaryl/α,β-unsaturated/α-hetero) is 1. The van der Waals surface area contributed by atoms with Gasteiger partial charge in [-0.2, -0.15) is 0 Å². The Morgan fingerprint density at radius 2 is 1.83 bits per heavy atom. The van der Waals surface area contributed by atoms with Gasteiger partial charge in [0.1, 0.15) is 0 Å². The number of fused-ring (bicyclic) bond motifs is 5. The fourth-order valence-electron chi connectivity index (χ4n) is 6.75. The molecule has 2 saturated carbocycles. The molecule has 2 heteroatoms. The summed E-state index contributed by atoms with van der Waals surface area (Å²) < 4.78 is 0. The molecule has 0 aromatic heterocycles. The maximum Gasteiger partial charge on any atom is 0.156 e. The van der Waals surface area contributed by atoms with Crippen molar-refractivity contribution in [3.63, 3.8) is 0 Å². The Morgan fingerprint density at radius 1 is 1.09 bits per heavy atom. The van der Waals surface area contributed by atoms with E-state index in [0.29, 0.717) is 17.3 Å². The SMILES string of the molecule is CC(=O)C1=CCC2C3CC=C4CC(O)CCC4(C)C3CCC12C. The molecule has 0 amide bonds. The van der Waals surface area contributed by atoms with E-state index < -0.39 is 0 Å². The van der Waals surface area contributed by atoms with E-state index in [-0.39, 0.29) is 17.3 Å². The third-order valence-electron chi connectivity index (χ3n) is 8.04. The van der Waals surface area contributed by atoms with Crippen LogP contribution in [0.25, 0.3) is 0 Å². The number of ketones is 1. The van der Waals surface area contributed by atoms with Crippen molar-refractivity contribution in [2.75, 3.05) is 0 Å². The van der Waals surface area contributed by atoms with Crippen molar-refractivity contribution in [3.8, 4) is 0 Å². The Morgan fingerprint density at radius 3 is 2.57 bits per heavy atom. The normalized spacial score (nSPS) is 48.7. The first kappa shape index (κ1) is 15.6. The molecular formula is C21H30O2. The number of rotatable bonds is 1. The van der Waals surface area contributed by atoms with Crippen LogP contribution in [0.4, 0.5) is 0 Å². The minimum Gasteiger partial charge on any atom is -0.393 e. The van der Waals surface area contributed by atoms with Crippen molar-refractivity contribution < 1.29 is 9.90 Å². The third-order valence-corrected chi connectivity index (χ3v) is 8.04. The van der Waals surface area contributed by atoms with E-state index in [1.807, 2.05) is 0 Å². The summed E-state index contributed by atoms with van der Waals surface area (Å²) in [6, 6.07) is 0. The Labute approximate surface area is 140 Å². The molecule has 0 bridgehead atoms. The van der Waals surface area contributed by atoms with Gasteiger partial charge in [-0.05, 0) is 86.0 Å². The molecule has 4 aliphatic carbocycles. The summed E-state index contributed by atoms with van der Waals surface area (Å²) in [4.78, 5) is 12.1. The molecule has 6 atom stereocenters. The lowest BCUT2D eigenvalue weighted by molar-refractivity contribution is -0.115. The highest BCUT2D eigenvalue weighted by atomic mass is 16.3. The average molecular weight is 314 g/mol. The molecule has 6 unspecified atom stereocenters. The second kappa shape index (κ2) is 5.05. The lowest BCUT2D eigenvalue weighted by Gasteiger charge is -2.57. The van der Waals surface area contributed by atoms with Gasteiger partial charge in [0.2, 0.25) is 0 Å². The van der Waals surface area contributed by atoms with Crippen molar-refractivity contribution in [2.24, 2.45) is 28.6 Å². The number of allylic oxidation sites excluding steroid dienone is 3. The average Bonchev–Trinajstić information content (AvgIpc) is 2.85. The molecular weight excluding hydrogens is 284 g/mol. The van der Waals surface area contributed by atoms with Crippen LogP contribution >= 0.6 is 0 Å². The molecule has 0 aromatic rings. The predicted molar refractivity (Wildman–Crippen MR) is 91.9 cm³/mol. The van der Waals surface area contributed by atoms with E-state index in [2.05, 4.69) is 26.0 Å². The minimum atomic E-state index is -0.128. The van der Waals surface area contributed by atoms with Crippen molar-refractivity contribution in [3.05, 3.63) is 23.3 Å². The molecule has 2 fully saturated rings. The maximum atomic E-state index is 12.1. The standard InChI is InChI=1S/C21H30O2/c1-13(22)17-6-7-18-16-5-4-14-12-15(23)8-10-20(14,2)19(16)9-11-21(17,18)3/h4,6,15-16,18-19,23H,5,7-12H2,1-3H3. The van der Waals surface area contributed by atoms with E-state index in [9.17, 15) is 9.90 Å². The molecule has 0 aromatic carbocycles. The van der Waals surface area contributed by atoms with Crippen LogP contribution in [0.5, 0.6) is 0 Å². The Kier molecular flexibility index (Phi) is 3.43. The zero-order valence-corrected chi connectivity index (χ0v) is 14.8. The summed E-state index contributed by atoms with van der Waals surface area (Å²) in [5, 5.41) is 10.1. The van der Waals surface area contributed by atoms with Crippen molar-refractivity contribution in [2.45, 2.75) is 71.8 Å². The zero-order chi connectivity index (χ0) is 16.4. The van der Waals surface area contributed by atoms with Crippen LogP contribution in [0, 0.1) is 28.6 Å². The minimum absolute atomic E-state index is 0.114. The van der Waals surface area contributed by atoms with E-state index in [1.165, 1.54) is 12.0 Å². The molecule has 0 radical (unpaired) electrons. The number of aliphatic hydroxyl groups is 1. The third kappa shape index (κ3) is 2.06. The number of hydrogen-bond donors (Lipinski definition) is 1. The lowest BCUT2D eigenvalue weighted by Crippen LogP contribution is -2.50. The van der Waals surface area contributed by atoms with Gasteiger partial charge in [-0.15, -0.1) is 0 Å². The Balaban J connectivity index is 1.67. The first-order chi connectivity index (χ1) is 10.9. The zero-order valence-electron chi connectivity index (χ0n) is 14.8. The van der Waals surface area contributed by atoms with Crippen molar-refractivity contribution in [1.82, 2.24) is 0 Å². The van der Waals surface area contributed by atoms with Crippen LogP contribution in [0.1, 0.15) is 65.7 Å². The molecule has 1 N–H and O–H groups in total. The summed E-state index contributed by atoms with van der Waals surface area (Å²) in [5.41, 5.74) is 3.05. The molecule has 0 heterocycles. The van der Waals surface area contributed by atoms with Crippen molar-refractivity contribution in [1.29, 1.82) is 0 Å². The van der Waals surface area contributed by atoms with Gasteiger partial charge in [-0.25, -0.2) is 0 Å². The smallest absolute Gasteiger partial charge is 0.156 e. The molecule has 0 spiro atoms. The summed E-state index contributed by atoms with van der Waals surface area (Å²) in [5.74, 6) is 2.38.